The van der Waals surface area contributed by atoms with Crippen LogP contribution in [0, 0.1) is 5.92 Å². The Bertz CT molecular complexity index is 972. The molecule has 2 aliphatic rings. The number of carbonyl (C=O) groups excluding carboxylic acids is 2. The highest BCUT2D eigenvalue weighted by molar-refractivity contribution is 6.13. The first-order chi connectivity index (χ1) is 14.0. The van der Waals surface area contributed by atoms with Gasteiger partial charge in [0.05, 0.1) is 5.69 Å². The van der Waals surface area contributed by atoms with E-state index in [-0.39, 0.29) is 12.5 Å². The molecular formula is C23H24N2O4. The van der Waals surface area contributed by atoms with Crippen LogP contribution in [0.2, 0.25) is 0 Å². The summed E-state index contributed by atoms with van der Waals surface area (Å²) >= 11 is 0. The average Bonchev–Trinajstić information content (AvgIpc) is 2.95. The van der Waals surface area contributed by atoms with Crippen LogP contribution in [0.5, 0.6) is 0 Å². The van der Waals surface area contributed by atoms with Crippen LogP contribution in [-0.4, -0.2) is 35.2 Å². The topological polar surface area (TPSA) is 81.1 Å². The van der Waals surface area contributed by atoms with Crippen LogP contribution in [0.15, 0.2) is 60.7 Å². The fourth-order valence-corrected chi connectivity index (χ4v) is 3.96. The first-order valence-electron chi connectivity index (χ1n) is 9.83. The van der Waals surface area contributed by atoms with E-state index in [0.717, 1.165) is 0 Å². The largest absolute Gasteiger partial charge is 0.396 e. The van der Waals surface area contributed by atoms with Crippen LogP contribution in [0.3, 0.4) is 0 Å². The van der Waals surface area contributed by atoms with Crippen molar-refractivity contribution in [3.63, 3.8) is 0 Å². The standard InChI is InChI=1S/C23H24N2O4/c1-16(7-5-6-14-26)23(29)19-15-18(24-13-12-21(24)27)10-11-20(19)25(22(23)28)17-8-3-2-4-9-17/h2-5,7-11,15-16,26,29H,6,12-14H2,1H3/b7-5+/t16-,23+/m0/s1. The summed E-state index contributed by atoms with van der Waals surface area (Å²) in [5.74, 6) is -0.906. The number of benzene rings is 2. The van der Waals surface area contributed by atoms with Gasteiger partial charge in [0.2, 0.25) is 5.91 Å². The van der Waals surface area contributed by atoms with E-state index in [1.165, 1.54) is 4.90 Å². The minimum atomic E-state index is -1.76. The van der Waals surface area contributed by atoms with Gasteiger partial charge >= 0.3 is 0 Å². The lowest BCUT2D eigenvalue weighted by Crippen LogP contribution is -2.44. The number of anilines is 3. The Morgan fingerprint density at radius 1 is 1.14 bits per heavy atom. The Labute approximate surface area is 169 Å². The predicted molar refractivity (Wildman–Crippen MR) is 111 cm³/mol. The molecule has 0 radical (unpaired) electrons. The van der Waals surface area contributed by atoms with Crippen molar-refractivity contribution in [2.45, 2.75) is 25.4 Å². The second-order valence-electron chi connectivity index (χ2n) is 7.47. The highest BCUT2D eigenvalue weighted by Crippen LogP contribution is 2.49. The normalized spacial score (nSPS) is 22.2. The molecule has 1 fully saturated rings. The maximum absolute atomic E-state index is 13.5. The fraction of sp³-hybridized carbons (Fsp3) is 0.304. The van der Waals surface area contributed by atoms with Gasteiger partial charge in [-0.15, -0.1) is 0 Å². The number of carbonyl (C=O) groups is 2. The summed E-state index contributed by atoms with van der Waals surface area (Å²) in [6, 6.07) is 14.6. The van der Waals surface area contributed by atoms with E-state index in [1.54, 1.807) is 36.1 Å². The van der Waals surface area contributed by atoms with Gasteiger partial charge in [0.1, 0.15) is 0 Å². The lowest BCUT2D eigenvalue weighted by Gasteiger charge is -2.32. The third-order valence-corrected chi connectivity index (χ3v) is 5.72. The van der Waals surface area contributed by atoms with Gasteiger partial charge < -0.3 is 15.1 Å². The summed E-state index contributed by atoms with van der Waals surface area (Å²) in [6.07, 6.45) is 4.49. The lowest BCUT2D eigenvalue weighted by atomic mass is 9.82. The van der Waals surface area contributed by atoms with Gasteiger partial charge in [-0.25, -0.2) is 0 Å². The molecule has 2 amide bonds. The van der Waals surface area contributed by atoms with Gasteiger partial charge in [0, 0.05) is 42.4 Å². The molecule has 2 aromatic rings. The molecule has 0 aliphatic carbocycles. The summed E-state index contributed by atoms with van der Waals surface area (Å²) in [6.45, 7) is 2.42. The predicted octanol–water partition coefficient (Wildman–Crippen LogP) is 2.86. The number of amides is 2. The minimum Gasteiger partial charge on any atom is -0.396 e. The molecule has 2 N–H and O–H groups in total. The highest BCUT2D eigenvalue weighted by atomic mass is 16.3. The second-order valence-corrected chi connectivity index (χ2v) is 7.47. The number of aliphatic hydroxyl groups excluding tert-OH is 1. The third kappa shape index (κ3) is 3.05. The molecule has 2 atom stereocenters. The van der Waals surface area contributed by atoms with E-state index in [1.807, 2.05) is 36.4 Å². The summed E-state index contributed by atoms with van der Waals surface area (Å²) in [7, 11) is 0. The van der Waals surface area contributed by atoms with E-state index in [9.17, 15) is 14.7 Å². The summed E-state index contributed by atoms with van der Waals surface area (Å²) in [4.78, 5) is 28.6. The van der Waals surface area contributed by atoms with Crippen molar-refractivity contribution < 1.29 is 19.8 Å². The van der Waals surface area contributed by atoms with E-state index < -0.39 is 17.4 Å². The molecule has 0 saturated carbocycles. The number of rotatable bonds is 6. The number of fused-ring (bicyclic) bond motifs is 1. The monoisotopic (exact) mass is 392 g/mol. The van der Waals surface area contributed by atoms with E-state index >= 15 is 0 Å². The molecular weight excluding hydrogens is 368 g/mol. The number of para-hydroxylation sites is 1. The zero-order valence-electron chi connectivity index (χ0n) is 16.3. The maximum Gasteiger partial charge on any atom is 0.268 e. The molecule has 2 heterocycles. The first kappa shape index (κ1) is 19.4. The molecule has 0 aromatic heterocycles. The number of β-lactam (4-membered cyclic amide) rings is 1. The van der Waals surface area contributed by atoms with Gasteiger partial charge in [0.15, 0.2) is 5.60 Å². The summed E-state index contributed by atoms with van der Waals surface area (Å²) in [5.41, 5.74) is 0.704. The SMILES string of the molecule is C[C@@H](/C=C/CCO)[C@]1(O)C(=O)N(c2ccccc2)c2ccc(N3CCC3=O)cc21. The van der Waals surface area contributed by atoms with Crippen LogP contribution < -0.4 is 9.80 Å². The zero-order chi connectivity index (χ0) is 20.6. The molecule has 150 valence electrons. The third-order valence-electron chi connectivity index (χ3n) is 5.72. The number of aliphatic hydroxyl groups is 2. The van der Waals surface area contributed by atoms with Crippen molar-refractivity contribution >= 4 is 28.9 Å². The van der Waals surface area contributed by atoms with Crippen LogP contribution >= 0.6 is 0 Å². The Balaban J connectivity index is 1.83. The van der Waals surface area contributed by atoms with Crippen molar-refractivity contribution in [3.8, 4) is 0 Å². The van der Waals surface area contributed by atoms with Crippen molar-refractivity contribution in [1.82, 2.24) is 0 Å². The molecule has 0 bridgehead atoms. The molecule has 6 heteroatoms. The number of nitrogens with zero attached hydrogens (tertiary/aromatic N) is 2. The van der Waals surface area contributed by atoms with Crippen molar-refractivity contribution in [1.29, 1.82) is 0 Å². The van der Waals surface area contributed by atoms with Gasteiger partial charge in [0.25, 0.3) is 5.91 Å². The van der Waals surface area contributed by atoms with Crippen LogP contribution in [0.4, 0.5) is 17.1 Å². The van der Waals surface area contributed by atoms with Crippen molar-refractivity contribution in [2.75, 3.05) is 23.0 Å². The summed E-state index contributed by atoms with van der Waals surface area (Å²) in [5, 5.41) is 20.7. The fourth-order valence-electron chi connectivity index (χ4n) is 3.96. The number of hydrogen-bond acceptors (Lipinski definition) is 4. The quantitative estimate of drug-likeness (QED) is 0.585. The molecule has 0 unspecified atom stereocenters. The molecule has 6 nitrogen and oxygen atoms in total. The maximum atomic E-state index is 13.5. The smallest absolute Gasteiger partial charge is 0.268 e. The van der Waals surface area contributed by atoms with Crippen molar-refractivity contribution in [3.05, 3.63) is 66.2 Å². The Kier molecular flexibility index (Phi) is 4.98. The first-order valence-corrected chi connectivity index (χ1v) is 9.83. The van der Waals surface area contributed by atoms with Crippen LogP contribution in [0.25, 0.3) is 0 Å². The van der Waals surface area contributed by atoms with Crippen LogP contribution in [0.1, 0.15) is 25.3 Å². The van der Waals surface area contributed by atoms with Crippen molar-refractivity contribution in [2.24, 2.45) is 5.92 Å². The van der Waals surface area contributed by atoms with E-state index in [4.69, 9.17) is 5.11 Å². The minimum absolute atomic E-state index is 0.00351. The molecule has 29 heavy (non-hydrogen) atoms. The average molecular weight is 392 g/mol. The Morgan fingerprint density at radius 2 is 1.90 bits per heavy atom. The van der Waals surface area contributed by atoms with Crippen LogP contribution in [-0.2, 0) is 15.2 Å². The van der Waals surface area contributed by atoms with Gasteiger partial charge in [-0.3, -0.25) is 14.5 Å². The zero-order valence-corrected chi connectivity index (χ0v) is 16.3. The Hall–Kier alpha value is -2.96. The molecule has 2 aromatic carbocycles. The summed E-state index contributed by atoms with van der Waals surface area (Å²) < 4.78 is 0. The molecule has 4 rings (SSSR count). The highest BCUT2D eigenvalue weighted by Gasteiger charge is 2.53. The van der Waals surface area contributed by atoms with E-state index in [0.29, 0.717) is 42.0 Å². The molecule has 0 spiro atoms. The molecule has 2 aliphatic heterocycles. The molecule has 1 saturated heterocycles. The van der Waals surface area contributed by atoms with E-state index in [2.05, 4.69) is 0 Å². The van der Waals surface area contributed by atoms with Gasteiger partial charge in [-0.05, 0) is 36.8 Å². The van der Waals surface area contributed by atoms with Gasteiger partial charge in [-0.1, -0.05) is 37.3 Å². The second kappa shape index (κ2) is 7.46. The number of hydrogen-bond donors (Lipinski definition) is 2. The van der Waals surface area contributed by atoms with Gasteiger partial charge in [-0.2, -0.15) is 0 Å². The lowest BCUT2D eigenvalue weighted by molar-refractivity contribution is -0.138. The Morgan fingerprint density at radius 3 is 2.52 bits per heavy atom.